The molecular formula is C31H52. The molecule has 0 aromatic carbocycles. The molecule has 0 aromatic rings. The highest BCUT2D eigenvalue weighted by Crippen LogP contribution is 2.45. The molecule has 31 heavy (non-hydrogen) atoms. The minimum Gasteiger partial charge on any atom is -0.0880 e. The van der Waals surface area contributed by atoms with Crippen molar-refractivity contribution >= 4 is 0 Å². The lowest BCUT2D eigenvalue weighted by Crippen LogP contribution is -2.33. The quantitative estimate of drug-likeness (QED) is 0.204. The zero-order valence-corrected chi connectivity index (χ0v) is 22.2. The Morgan fingerprint density at radius 3 is 2.03 bits per heavy atom. The largest absolute Gasteiger partial charge is 0.0880 e. The summed E-state index contributed by atoms with van der Waals surface area (Å²) in [6.07, 6.45) is 26.8. The molecule has 0 fully saturated rings. The van der Waals surface area contributed by atoms with Crippen molar-refractivity contribution in [3.63, 3.8) is 0 Å². The van der Waals surface area contributed by atoms with Gasteiger partial charge >= 0.3 is 0 Å². The van der Waals surface area contributed by atoms with E-state index in [1.54, 1.807) is 16.7 Å². The van der Waals surface area contributed by atoms with Gasteiger partial charge in [-0.25, -0.2) is 0 Å². The molecule has 3 atom stereocenters. The van der Waals surface area contributed by atoms with Crippen molar-refractivity contribution in [1.29, 1.82) is 0 Å². The van der Waals surface area contributed by atoms with Gasteiger partial charge in [-0.2, -0.15) is 0 Å². The predicted molar refractivity (Wildman–Crippen MR) is 142 cm³/mol. The lowest BCUT2D eigenvalue weighted by molar-refractivity contribution is 0.120. The molecule has 0 aliphatic heterocycles. The fraction of sp³-hybridized carbons (Fsp3) is 0.677. The first-order valence-corrected chi connectivity index (χ1v) is 13.0. The summed E-state index contributed by atoms with van der Waals surface area (Å²) in [5, 5.41) is 0. The highest BCUT2D eigenvalue weighted by Gasteiger charge is 2.36. The maximum Gasteiger partial charge on any atom is -0.0205 e. The molecule has 0 heterocycles. The third kappa shape index (κ3) is 10.7. The van der Waals surface area contributed by atoms with Crippen LogP contribution in [0, 0.1) is 17.3 Å². The Morgan fingerprint density at radius 1 is 0.839 bits per heavy atom. The van der Waals surface area contributed by atoms with Gasteiger partial charge in [0.05, 0.1) is 0 Å². The highest BCUT2D eigenvalue weighted by molar-refractivity contribution is 5.09. The zero-order chi connectivity index (χ0) is 23.3. The van der Waals surface area contributed by atoms with Crippen LogP contribution < -0.4 is 0 Å². The van der Waals surface area contributed by atoms with Crippen molar-refractivity contribution in [3.05, 3.63) is 58.7 Å². The van der Waals surface area contributed by atoms with Gasteiger partial charge < -0.3 is 0 Å². The van der Waals surface area contributed by atoms with Gasteiger partial charge in [-0.15, -0.1) is 0 Å². The van der Waals surface area contributed by atoms with Gasteiger partial charge in [-0.05, 0) is 109 Å². The molecule has 0 bridgehead atoms. The van der Waals surface area contributed by atoms with Crippen LogP contribution in [0.1, 0.15) is 120 Å². The summed E-state index contributed by atoms with van der Waals surface area (Å²) in [7, 11) is 0. The number of hydrogen-bond donors (Lipinski definition) is 0. The standard InChI is InChI=1S/C31H52/c1-9-30(21-12-15-25(2)3)22-13-18-26(4)16-10-11-17-27(5)23-24-31(8)28(6)19-14-20-29(31)7/h14-17,19,22,28-29H,9-13,18,20-21,23-24H2,1-8H3/b26-16+,27-17+,30-22+. The van der Waals surface area contributed by atoms with Gasteiger partial charge in [-0.3, -0.25) is 0 Å². The molecule has 0 heteroatoms. The monoisotopic (exact) mass is 424 g/mol. The maximum atomic E-state index is 2.51. The molecule has 176 valence electrons. The Balaban J connectivity index is 2.35. The number of rotatable bonds is 13. The first-order chi connectivity index (χ1) is 14.7. The summed E-state index contributed by atoms with van der Waals surface area (Å²) in [5.74, 6) is 1.49. The van der Waals surface area contributed by atoms with E-state index in [-0.39, 0.29) is 0 Å². The molecule has 0 aromatic heterocycles. The van der Waals surface area contributed by atoms with Crippen LogP contribution in [-0.2, 0) is 0 Å². The molecular weight excluding hydrogens is 372 g/mol. The summed E-state index contributed by atoms with van der Waals surface area (Å²) in [4.78, 5) is 0. The second kappa shape index (κ2) is 14.7. The minimum absolute atomic E-state index is 0.455. The maximum absolute atomic E-state index is 2.51. The molecule has 0 radical (unpaired) electrons. The second-order valence-corrected chi connectivity index (χ2v) is 10.6. The van der Waals surface area contributed by atoms with Crippen molar-refractivity contribution < 1.29 is 0 Å². The van der Waals surface area contributed by atoms with Gasteiger partial charge in [0.1, 0.15) is 0 Å². The van der Waals surface area contributed by atoms with Crippen LogP contribution in [0.3, 0.4) is 0 Å². The number of unbranched alkanes of at least 4 members (excludes halogenated alkanes) is 1. The zero-order valence-electron chi connectivity index (χ0n) is 22.2. The van der Waals surface area contributed by atoms with Crippen LogP contribution in [0.25, 0.3) is 0 Å². The van der Waals surface area contributed by atoms with Gasteiger partial charge in [0.25, 0.3) is 0 Å². The third-order valence-electron chi connectivity index (χ3n) is 7.73. The molecule has 0 N–H and O–H groups in total. The van der Waals surface area contributed by atoms with E-state index in [1.165, 1.54) is 69.8 Å². The average Bonchev–Trinajstić information content (AvgIpc) is 2.72. The third-order valence-corrected chi connectivity index (χ3v) is 7.73. The molecule has 0 saturated carbocycles. The van der Waals surface area contributed by atoms with Crippen molar-refractivity contribution in [2.75, 3.05) is 0 Å². The van der Waals surface area contributed by atoms with Gasteiger partial charge in [0, 0.05) is 0 Å². The molecule has 1 aliphatic rings. The van der Waals surface area contributed by atoms with E-state index in [9.17, 15) is 0 Å². The topological polar surface area (TPSA) is 0 Å². The van der Waals surface area contributed by atoms with Gasteiger partial charge in [0.2, 0.25) is 0 Å². The summed E-state index contributed by atoms with van der Waals surface area (Å²) in [5.41, 5.74) is 6.63. The SMILES string of the molecule is CC/C(=C\CC/C(C)=C/CC/C=C(\C)CCC1(C)C(C)C=CCC1C)CCC=C(C)C. The fourth-order valence-corrected chi connectivity index (χ4v) is 4.70. The van der Waals surface area contributed by atoms with Gasteiger partial charge in [0.15, 0.2) is 0 Å². The highest BCUT2D eigenvalue weighted by atomic mass is 14.4. The molecule has 1 rings (SSSR count). The van der Waals surface area contributed by atoms with E-state index in [1.807, 2.05) is 0 Å². The Kier molecular flexibility index (Phi) is 13.2. The smallest absolute Gasteiger partial charge is 0.0205 e. The number of hydrogen-bond acceptors (Lipinski definition) is 0. The molecule has 3 unspecified atom stereocenters. The Labute approximate surface area is 195 Å². The van der Waals surface area contributed by atoms with Crippen molar-refractivity contribution in [2.45, 2.75) is 120 Å². The second-order valence-electron chi connectivity index (χ2n) is 10.6. The molecule has 0 saturated heterocycles. The Morgan fingerprint density at radius 2 is 1.45 bits per heavy atom. The summed E-state index contributed by atoms with van der Waals surface area (Å²) < 4.78 is 0. The van der Waals surface area contributed by atoms with E-state index in [2.05, 4.69) is 91.8 Å². The van der Waals surface area contributed by atoms with Crippen LogP contribution in [0.5, 0.6) is 0 Å². The molecule has 0 spiro atoms. The van der Waals surface area contributed by atoms with Crippen LogP contribution in [0.4, 0.5) is 0 Å². The summed E-state index contributed by atoms with van der Waals surface area (Å²) in [6.45, 7) is 18.7. The van der Waals surface area contributed by atoms with E-state index in [4.69, 9.17) is 0 Å². The predicted octanol–water partition coefficient (Wildman–Crippen LogP) is 10.5. The normalized spacial score (nSPS) is 25.1. The molecule has 0 amide bonds. The Hall–Kier alpha value is -1.30. The Bertz CT molecular complexity index is 662. The number of allylic oxidation sites excluding steroid dienone is 10. The van der Waals surface area contributed by atoms with E-state index < -0.39 is 0 Å². The minimum atomic E-state index is 0.455. The lowest BCUT2D eigenvalue weighted by atomic mass is 9.62. The summed E-state index contributed by atoms with van der Waals surface area (Å²) >= 11 is 0. The van der Waals surface area contributed by atoms with Crippen LogP contribution >= 0.6 is 0 Å². The van der Waals surface area contributed by atoms with Crippen molar-refractivity contribution in [3.8, 4) is 0 Å². The van der Waals surface area contributed by atoms with Gasteiger partial charge in [-0.1, -0.05) is 86.4 Å². The first kappa shape index (κ1) is 27.7. The molecule has 1 aliphatic carbocycles. The van der Waals surface area contributed by atoms with Crippen LogP contribution in [0.2, 0.25) is 0 Å². The van der Waals surface area contributed by atoms with E-state index in [0.29, 0.717) is 11.3 Å². The summed E-state index contributed by atoms with van der Waals surface area (Å²) in [6, 6.07) is 0. The lowest BCUT2D eigenvalue weighted by Gasteiger charge is -2.42. The van der Waals surface area contributed by atoms with Crippen LogP contribution in [0.15, 0.2) is 58.7 Å². The van der Waals surface area contributed by atoms with Crippen molar-refractivity contribution in [1.82, 2.24) is 0 Å². The van der Waals surface area contributed by atoms with E-state index in [0.717, 1.165) is 5.92 Å². The first-order valence-electron chi connectivity index (χ1n) is 13.0. The molecule has 0 nitrogen and oxygen atoms in total. The van der Waals surface area contributed by atoms with E-state index >= 15 is 0 Å². The average molecular weight is 425 g/mol. The van der Waals surface area contributed by atoms with Crippen LogP contribution in [-0.4, -0.2) is 0 Å². The fourth-order valence-electron chi connectivity index (χ4n) is 4.70. The van der Waals surface area contributed by atoms with Crippen molar-refractivity contribution in [2.24, 2.45) is 17.3 Å².